The van der Waals surface area contributed by atoms with Gasteiger partial charge in [-0.2, -0.15) is 0 Å². The second kappa shape index (κ2) is 5.05. The highest BCUT2D eigenvalue weighted by molar-refractivity contribution is 5.85. The van der Waals surface area contributed by atoms with E-state index in [1.165, 1.54) is 16.7 Å². The topological polar surface area (TPSA) is 51.1 Å². The summed E-state index contributed by atoms with van der Waals surface area (Å²) in [5.74, 6) is 1.87. The van der Waals surface area contributed by atoms with Crippen LogP contribution in [0.3, 0.4) is 0 Å². The molecule has 3 aromatic rings. The lowest BCUT2D eigenvalue weighted by Gasteiger charge is -2.32. The minimum Gasteiger partial charge on any atom is -0.432 e. The van der Waals surface area contributed by atoms with Crippen LogP contribution in [0.2, 0.25) is 0 Å². The van der Waals surface area contributed by atoms with Gasteiger partial charge in [-0.3, -0.25) is 9.88 Å². The Bertz CT molecular complexity index is 839. The van der Waals surface area contributed by atoms with Crippen molar-refractivity contribution in [2.24, 2.45) is 0 Å². The third-order valence-electron chi connectivity index (χ3n) is 3.93. The zero-order valence-corrected chi connectivity index (χ0v) is 13.2. The Morgan fingerprint density at radius 1 is 0.957 bits per heavy atom. The Hall–Kier alpha value is -2.95. The van der Waals surface area contributed by atoms with Gasteiger partial charge in [-0.15, -0.1) is 0 Å². The lowest BCUT2D eigenvalue weighted by molar-refractivity contribution is 0.452. The summed E-state index contributed by atoms with van der Waals surface area (Å²) in [6.45, 7) is 6.33. The van der Waals surface area contributed by atoms with Gasteiger partial charge in [0.25, 0.3) is 5.88 Å². The highest BCUT2D eigenvalue weighted by Crippen LogP contribution is 2.49. The fraction of sp³-hybridized carbons (Fsp3) is 0.167. The summed E-state index contributed by atoms with van der Waals surface area (Å²) in [6, 6.07) is 6.29. The molecular formula is C18H16N4O. The number of aromatic nitrogens is 3. The second-order valence-electron chi connectivity index (χ2n) is 5.71. The maximum absolute atomic E-state index is 5.85. The maximum Gasteiger partial charge on any atom is 0.264 e. The van der Waals surface area contributed by atoms with E-state index in [9.17, 15) is 0 Å². The van der Waals surface area contributed by atoms with E-state index in [4.69, 9.17) is 4.74 Å². The normalized spacial score (nSPS) is 12.4. The van der Waals surface area contributed by atoms with Crippen LogP contribution in [0.4, 0.5) is 17.2 Å². The summed E-state index contributed by atoms with van der Waals surface area (Å²) in [5, 5.41) is 0. The monoisotopic (exact) mass is 304 g/mol. The number of hydrogen-bond acceptors (Lipinski definition) is 5. The fourth-order valence-electron chi connectivity index (χ4n) is 3.15. The van der Waals surface area contributed by atoms with Gasteiger partial charge in [0.1, 0.15) is 0 Å². The molecule has 0 N–H and O–H groups in total. The number of anilines is 3. The molecule has 0 radical (unpaired) electrons. The number of hydrogen-bond donors (Lipinski definition) is 0. The van der Waals surface area contributed by atoms with Gasteiger partial charge < -0.3 is 4.74 Å². The van der Waals surface area contributed by atoms with Gasteiger partial charge in [-0.25, -0.2) is 9.97 Å². The quantitative estimate of drug-likeness (QED) is 0.522. The maximum atomic E-state index is 5.85. The van der Waals surface area contributed by atoms with Gasteiger partial charge >= 0.3 is 0 Å². The molecule has 0 spiro atoms. The zero-order chi connectivity index (χ0) is 16.0. The van der Waals surface area contributed by atoms with Gasteiger partial charge in [0.2, 0.25) is 5.82 Å². The molecule has 0 aliphatic carbocycles. The predicted octanol–water partition coefficient (Wildman–Crippen LogP) is 4.37. The zero-order valence-electron chi connectivity index (χ0n) is 13.2. The summed E-state index contributed by atoms with van der Waals surface area (Å²) in [6.07, 6.45) is 6.78. The van der Waals surface area contributed by atoms with E-state index in [1.54, 1.807) is 24.8 Å². The molecule has 5 heteroatoms. The van der Waals surface area contributed by atoms with Crippen molar-refractivity contribution in [3.8, 4) is 11.6 Å². The van der Waals surface area contributed by atoms with Gasteiger partial charge in [0.05, 0.1) is 17.6 Å². The molecule has 114 valence electrons. The minimum atomic E-state index is 0.493. The van der Waals surface area contributed by atoms with Crippen molar-refractivity contribution in [3.63, 3.8) is 0 Å². The molecule has 0 amide bonds. The van der Waals surface area contributed by atoms with Crippen molar-refractivity contribution in [1.82, 2.24) is 15.0 Å². The van der Waals surface area contributed by atoms with Crippen molar-refractivity contribution in [1.29, 1.82) is 0 Å². The van der Waals surface area contributed by atoms with Gasteiger partial charge in [0.15, 0.2) is 5.75 Å². The molecule has 0 atom stereocenters. The number of fused-ring (bicyclic) bond motifs is 2. The van der Waals surface area contributed by atoms with Crippen LogP contribution < -0.4 is 9.64 Å². The van der Waals surface area contributed by atoms with Crippen LogP contribution in [-0.2, 0) is 0 Å². The largest absolute Gasteiger partial charge is 0.432 e. The van der Waals surface area contributed by atoms with Gasteiger partial charge in [-0.05, 0) is 38.0 Å². The molecule has 1 aliphatic heterocycles. The minimum absolute atomic E-state index is 0.493. The first kappa shape index (κ1) is 13.7. The Morgan fingerprint density at radius 3 is 2.48 bits per heavy atom. The van der Waals surface area contributed by atoms with Crippen LogP contribution in [0.15, 0.2) is 43.0 Å². The van der Waals surface area contributed by atoms with Crippen LogP contribution in [0.1, 0.15) is 16.7 Å². The van der Waals surface area contributed by atoms with E-state index in [1.807, 2.05) is 6.07 Å². The van der Waals surface area contributed by atoms with Crippen molar-refractivity contribution >= 4 is 17.2 Å². The van der Waals surface area contributed by atoms with E-state index in [0.717, 1.165) is 11.4 Å². The highest BCUT2D eigenvalue weighted by atomic mass is 16.5. The average molecular weight is 304 g/mol. The Kier molecular flexibility index (Phi) is 3.01. The van der Waals surface area contributed by atoms with Gasteiger partial charge in [-0.1, -0.05) is 17.7 Å². The summed E-state index contributed by atoms with van der Waals surface area (Å²) in [4.78, 5) is 15.1. The number of aryl methyl sites for hydroxylation is 3. The van der Waals surface area contributed by atoms with E-state index in [-0.39, 0.29) is 0 Å². The number of pyridine rings is 1. The van der Waals surface area contributed by atoms with E-state index < -0.39 is 0 Å². The van der Waals surface area contributed by atoms with E-state index in [0.29, 0.717) is 17.4 Å². The number of benzene rings is 1. The molecule has 23 heavy (non-hydrogen) atoms. The lowest BCUT2D eigenvalue weighted by Crippen LogP contribution is -2.19. The molecule has 1 aliphatic rings. The first-order valence-electron chi connectivity index (χ1n) is 7.46. The van der Waals surface area contributed by atoms with E-state index >= 15 is 0 Å². The van der Waals surface area contributed by atoms with Crippen LogP contribution in [0.5, 0.6) is 11.6 Å². The molecule has 3 heterocycles. The third-order valence-corrected chi connectivity index (χ3v) is 3.93. The summed E-state index contributed by atoms with van der Waals surface area (Å²) in [5.41, 5.74) is 5.63. The SMILES string of the molecule is Cc1cc(C)c(N2c3ccncc3Oc3nccnc32)c(C)c1. The molecule has 5 nitrogen and oxygen atoms in total. The molecule has 2 aromatic heterocycles. The summed E-state index contributed by atoms with van der Waals surface area (Å²) < 4.78 is 5.85. The van der Waals surface area contributed by atoms with Gasteiger partial charge in [0, 0.05) is 18.6 Å². The standard InChI is InChI=1S/C18H16N4O/c1-11-8-12(2)16(13(3)9-11)22-14-4-5-19-10-15(14)23-18-17(22)20-6-7-21-18/h4-10H,1-3H3. The third kappa shape index (κ3) is 2.12. The molecule has 0 bridgehead atoms. The second-order valence-corrected chi connectivity index (χ2v) is 5.71. The number of rotatable bonds is 1. The Labute approximate surface area is 134 Å². The van der Waals surface area contributed by atoms with Crippen LogP contribution in [0.25, 0.3) is 0 Å². The predicted molar refractivity (Wildman–Crippen MR) is 88.8 cm³/mol. The van der Waals surface area contributed by atoms with Crippen molar-refractivity contribution in [3.05, 3.63) is 59.7 Å². The average Bonchev–Trinajstić information content (AvgIpc) is 2.53. The first-order chi connectivity index (χ1) is 11.1. The number of nitrogens with zero attached hydrogens (tertiary/aromatic N) is 4. The summed E-state index contributed by atoms with van der Waals surface area (Å²) in [7, 11) is 0. The molecule has 4 rings (SSSR count). The smallest absolute Gasteiger partial charge is 0.264 e. The Balaban J connectivity index is 2.02. The highest BCUT2D eigenvalue weighted by Gasteiger charge is 2.29. The first-order valence-corrected chi connectivity index (χ1v) is 7.46. The Morgan fingerprint density at radius 2 is 1.70 bits per heavy atom. The lowest BCUT2D eigenvalue weighted by atomic mass is 10.0. The summed E-state index contributed by atoms with van der Waals surface area (Å²) >= 11 is 0. The number of ether oxygens (including phenoxy) is 1. The van der Waals surface area contributed by atoms with Crippen LogP contribution >= 0.6 is 0 Å². The van der Waals surface area contributed by atoms with Crippen molar-refractivity contribution in [2.45, 2.75) is 20.8 Å². The van der Waals surface area contributed by atoms with E-state index in [2.05, 4.69) is 52.8 Å². The molecular weight excluding hydrogens is 288 g/mol. The molecule has 0 fully saturated rings. The van der Waals surface area contributed by atoms with Crippen LogP contribution in [-0.4, -0.2) is 15.0 Å². The molecule has 1 aromatic carbocycles. The molecule has 0 saturated heterocycles. The fourth-order valence-corrected chi connectivity index (χ4v) is 3.15. The molecule has 0 unspecified atom stereocenters. The van der Waals surface area contributed by atoms with Crippen molar-refractivity contribution in [2.75, 3.05) is 4.90 Å². The van der Waals surface area contributed by atoms with Crippen LogP contribution in [0, 0.1) is 20.8 Å². The molecule has 0 saturated carbocycles. The van der Waals surface area contributed by atoms with Crippen molar-refractivity contribution < 1.29 is 4.74 Å².